The lowest BCUT2D eigenvalue weighted by molar-refractivity contribution is 0.0500. The number of carbonyl (C=O) groups is 1. The molecular weight excluding hydrogens is 388 g/mol. The third-order valence-corrected chi connectivity index (χ3v) is 5.08. The van der Waals surface area contributed by atoms with Crippen molar-refractivity contribution in [3.05, 3.63) is 78.4 Å². The third kappa shape index (κ3) is 4.79. The molecule has 6 heteroatoms. The normalized spacial score (nSPS) is 12.6. The van der Waals surface area contributed by atoms with Crippen LogP contribution in [-0.2, 0) is 18.2 Å². The Hall–Kier alpha value is -3.54. The largest absolute Gasteiger partial charge is 0.444 e. The van der Waals surface area contributed by atoms with Crippen LogP contribution in [0.4, 0.5) is 4.79 Å². The fraction of sp³-hybridized carbons (Fsp3) is 0.280. The van der Waals surface area contributed by atoms with E-state index < -0.39 is 11.7 Å². The van der Waals surface area contributed by atoms with E-state index in [2.05, 4.69) is 16.4 Å². The summed E-state index contributed by atoms with van der Waals surface area (Å²) in [6.45, 7) is 5.57. The number of fused-ring (bicyclic) bond motifs is 1. The molecule has 2 heterocycles. The summed E-state index contributed by atoms with van der Waals surface area (Å²) in [7, 11) is 1.95. The van der Waals surface area contributed by atoms with Crippen molar-refractivity contribution in [1.29, 1.82) is 0 Å². The van der Waals surface area contributed by atoms with Gasteiger partial charge in [-0.2, -0.15) is 0 Å². The number of carbonyl (C=O) groups excluding carboxylic acids is 1. The molecule has 1 atom stereocenters. The van der Waals surface area contributed by atoms with Crippen molar-refractivity contribution in [3.8, 4) is 11.3 Å². The molecular formula is C25H28N4O2. The van der Waals surface area contributed by atoms with E-state index in [1.165, 1.54) is 0 Å². The average molecular weight is 417 g/mol. The molecule has 2 aromatic heterocycles. The molecule has 0 saturated carbocycles. The van der Waals surface area contributed by atoms with Crippen molar-refractivity contribution < 1.29 is 9.53 Å². The topological polar surface area (TPSA) is 71.9 Å². The number of aryl methyl sites for hydroxylation is 1. The van der Waals surface area contributed by atoms with Crippen LogP contribution in [-0.4, -0.2) is 26.2 Å². The zero-order valence-electron chi connectivity index (χ0n) is 18.3. The van der Waals surface area contributed by atoms with Crippen LogP contribution < -0.4 is 5.32 Å². The number of hydrogen-bond acceptors (Lipinski definition) is 3. The van der Waals surface area contributed by atoms with Crippen molar-refractivity contribution in [2.24, 2.45) is 7.05 Å². The molecule has 6 nitrogen and oxygen atoms in total. The van der Waals surface area contributed by atoms with Crippen LogP contribution in [0, 0.1) is 0 Å². The molecule has 0 unspecified atom stereocenters. The molecule has 0 fully saturated rings. The van der Waals surface area contributed by atoms with Gasteiger partial charge in [-0.15, -0.1) is 0 Å². The summed E-state index contributed by atoms with van der Waals surface area (Å²) < 4.78 is 7.50. The standard InChI is InChI=1S/C25H28N4O2/c1-25(2,3)31-24(30)28-21(14-18-15-26-20-13-9-8-12-19(18)20)23-27-22(16-29(23)4)17-10-6-5-7-11-17/h5-13,15-16,21,26H,14H2,1-4H3,(H,28,30)/t21-/m1/s1. The zero-order chi connectivity index (χ0) is 22.0. The van der Waals surface area contributed by atoms with Gasteiger partial charge in [0.05, 0.1) is 11.7 Å². The lowest BCUT2D eigenvalue weighted by Gasteiger charge is -2.23. The van der Waals surface area contributed by atoms with Crippen LogP contribution in [0.2, 0.25) is 0 Å². The predicted octanol–water partition coefficient (Wildman–Crippen LogP) is 5.38. The molecule has 2 aromatic carbocycles. The van der Waals surface area contributed by atoms with Gasteiger partial charge >= 0.3 is 6.09 Å². The van der Waals surface area contributed by atoms with Crippen LogP contribution in [0.3, 0.4) is 0 Å². The minimum absolute atomic E-state index is 0.350. The van der Waals surface area contributed by atoms with E-state index in [9.17, 15) is 4.79 Å². The van der Waals surface area contributed by atoms with Crippen LogP contribution in [0.25, 0.3) is 22.2 Å². The number of para-hydroxylation sites is 1. The number of aromatic amines is 1. The van der Waals surface area contributed by atoms with Gasteiger partial charge < -0.3 is 19.6 Å². The number of hydrogen-bond donors (Lipinski definition) is 2. The van der Waals surface area contributed by atoms with Crippen molar-refractivity contribution in [1.82, 2.24) is 19.9 Å². The Morgan fingerprint density at radius 1 is 1.13 bits per heavy atom. The second-order valence-corrected chi connectivity index (χ2v) is 8.72. The number of rotatable bonds is 5. The van der Waals surface area contributed by atoms with Crippen LogP contribution >= 0.6 is 0 Å². The number of nitrogens with one attached hydrogen (secondary N) is 2. The fourth-order valence-electron chi connectivity index (χ4n) is 3.73. The maximum absolute atomic E-state index is 12.6. The second-order valence-electron chi connectivity index (χ2n) is 8.72. The first-order valence-corrected chi connectivity index (χ1v) is 10.4. The highest BCUT2D eigenvalue weighted by atomic mass is 16.6. The molecule has 0 bridgehead atoms. The van der Waals surface area contributed by atoms with Gasteiger partial charge in [0.15, 0.2) is 0 Å². The van der Waals surface area contributed by atoms with Gasteiger partial charge in [-0.25, -0.2) is 9.78 Å². The first-order chi connectivity index (χ1) is 14.8. The van der Waals surface area contributed by atoms with Crippen molar-refractivity contribution in [2.75, 3.05) is 0 Å². The molecule has 2 N–H and O–H groups in total. The van der Waals surface area contributed by atoms with Gasteiger partial charge in [-0.3, -0.25) is 0 Å². The highest BCUT2D eigenvalue weighted by molar-refractivity contribution is 5.83. The van der Waals surface area contributed by atoms with E-state index in [-0.39, 0.29) is 6.04 Å². The lowest BCUT2D eigenvalue weighted by Crippen LogP contribution is -2.36. The Morgan fingerprint density at radius 3 is 2.58 bits per heavy atom. The number of aromatic nitrogens is 3. The van der Waals surface area contributed by atoms with Gasteiger partial charge in [-0.05, 0) is 32.4 Å². The molecule has 0 aliphatic rings. The first kappa shape index (κ1) is 20.7. The summed E-state index contributed by atoms with van der Waals surface area (Å²) in [6.07, 6.45) is 4.11. The highest BCUT2D eigenvalue weighted by Gasteiger charge is 2.25. The number of ether oxygens (including phenoxy) is 1. The van der Waals surface area contributed by atoms with E-state index in [1.54, 1.807) is 0 Å². The summed E-state index contributed by atoms with van der Waals surface area (Å²) in [5.74, 6) is 0.773. The maximum atomic E-state index is 12.6. The van der Waals surface area contributed by atoms with Gasteiger partial charge in [0.2, 0.25) is 0 Å². The molecule has 0 aliphatic heterocycles. The van der Waals surface area contributed by atoms with Crippen molar-refractivity contribution >= 4 is 17.0 Å². The molecule has 0 aliphatic carbocycles. The summed E-state index contributed by atoms with van der Waals surface area (Å²) in [5.41, 5.74) is 3.51. The fourth-order valence-corrected chi connectivity index (χ4v) is 3.73. The van der Waals surface area contributed by atoms with Gasteiger partial charge in [0, 0.05) is 42.3 Å². The van der Waals surface area contributed by atoms with E-state index >= 15 is 0 Å². The Kier molecular flexibility index (Phi) is 5.55. The van der Waals surface area contributed by atoms with Crippen LogP contribution in [0.5, 0.6) is 0 Å². The minimum Gasteiger partial charge on any atom is -0.444 e. The Morgan fingerprint density at radius 2 is 1.84 bits per heavy atom. The van der Waals surface area contributed by atoms with E-state index in [0.29, 0.717) is 6.42 Å². The molecule has 4 rings (SSSR count). The number of H-pyrrole nitrogens is 1. The first-order valence-electron chi connectivity index (χ1n) is 10.4. The maximum Gasteiger partial charge on any atom is 0.408 e. The third-order valence-electron chi connectivity index (χ3n) is 5.08. The van der Waals surface area contributed by atoms with E-state index in [1.807, 2.05) is 93.3 Å². The number of benzene rings is 2. The molecule has 0 spiro atoms. The van der Waals surface area contributed by atoms with Gasteiger partial charge in [-0.1, -0.05) is 48.5 Å². The van der Waals surface area contributed by atoms with Gasteiger partial charge in [0.1, 0.15) is 11.4 Å². The molecule has 1 amide bonds. The van der Waals surface area contributed by atoms with Crippen LogP contribution in [0.15, 0.2) is 67.0 Å². The molecule has 160 valence electrons. The summed E-state index contributed by atoms with van der Waals surface area (Å²) in [5, 5.41) is 4.18. The number of nitrogens with zero attached hydrogens (tertiary/aromatic N) is 2. The SMILES string of the molecule is Cn1cc(-c2ccccc2)nc1[C@@H](Cc1c[nH]c2ccccc12)NC(=O)OC(C)(C)C. The second kappa shape index (κ2) is 8.30. The Bertz CT molecular complexity index is 1190. The average Bonchev–Trinajstić information content (AvgIpc) is 3.30. The minimum atomic E-state index is -0.577. The van der Waals surface area contributed by atoms with Crippen molar-refractivity contribution in [3.63, 3.8) is 0 Å². The molecule has 0 radical (unpaired) electrons. The predicted molar refractivity (Wildman–Crippen MR) is 123 cm³/mol. The van der Waals surface area contributed by atoms with Gasteiger partial charge in [0.25, 0.3) is 0 Å². The van der Waals surface area contributed by atoms with Crippen LogP contribution in [0.1, 0.15) is 38.2 Å². The molecule has 4 aromatic rings. The molecule has 0 saturated heterocycles. The number of imidazole rings is 1. The summed E-state index contributed by atoms with van der Waals surface area (Å²) >= 11 is 0. The number of amides is 1. The number of alkyl carbamates (subject to hydrolysis) is 1. The monoisotopic (exact) mass is 416 g/mol. The van der Waals surface area contributed by atoms with E-state index in [0.717, 1.165) is 33.5 Å². The van der Waals surface area contributed by atoms with E-state index in [4.69, 9.17) is 9.72 Å². The Labute approximate surface area is 182 Å². The molecule has 31 heavy (non-hydrogen) atoms. The Balaban J connectivity index is 1.68. The summed E-state index contributed by atoms with van der Waals surface area (Å²) in [6, 6.07) is 17.8. The smallest absolute Gasteiger partial charge is 0.408 e. The summed E-state index contributed by atoms with van der Waals surface area (Å²) in [4.78, 5) is 20.8. The highest BCUT2D eigenvalue weighted by Crippen LogP contribution is 2.27. The quantitative estimate of drug-likeness (QED) is 0.459. The van der Waals surface area contributed by atoms with Crippen molar-refractivity contribution in [2.45, 2.75) is 38.8 Å². The zero-order valence-corrected chi connectivity index (χ0v) is 18.3. The lowest BCUT2D eigenvalue weighted by atomic mass is 10.0.